The van der Waals surface area contributed by atoms with Crippen molar-refractivity contribution in [3.63, 3.8) is 0 Å². The van der Waals surface area contributed by atoms with Crippen LogP contribution in [0.25, 0.3) is 0 Å². The molecule has 0 saturated carbocycles. The Morgan fingerprint density at radius 1 is 1.39 bits per heavy atom. The average molecular weight is 257 g/mol. The fourth-order valence-electron chi connectivity index (χ4n) is 1.26. The van der Waals surface area contributed by atoms with Crippen LogP contribution in [0.4, 0.5) is 14.5 Å². The number of anilines is 1. The number of nitrogen functional groups attached to an aromatic ring is 1. The van der Waals surface area contributed by atoms with Crippen molar-refractivity contribution in [3.8, 4) is 0 Å². The molecular weight excluding hydrogens is 240 g/mol. The summed E-state index contributed by atoms with van der Waals surface area (Å²) in [4.78, 5) is 13.6. The maximum Gasteiger partial charge on any atom is 0.254 e. The molecule has 1 amide bonds. The van der Waals surface area contributed by atoms with Crippen LogP contribution in [0.15, 0.2) is 12.1 Å². The predicted molar refractivity (Wildman–Crippen MR) is 66.3 cm³/mol. The normalized spacial score (nSPS) is 12.6. The van der Waals surface area contributed by atoms with Gasteiger partial charge in [-0.2, -0.15) is 0 Å². The highest BCUT2D eigenvalue weighted by atomic mass is 19.1. The lowest BCUT2D eigenvalue weighted by atomic mass is 10.1. The van der Waals surface area contributed by atoms with Gasteiger partial charge in [0.15, 0.2) is 0 Å². The monoisotopic (exact) mass is 257 g/mol. The lowest BCUT2D eigenvalue weighted by Gasteiger charge is -2.20. The quantitative estimate of drug-likeness (QED) is 0.798. The number of likely N-dealkylation sites (N-methyl/N-ethyl adjacent to an activating group) is 1. The molecule has 0 saturated heterocycles. The molecule has 18 heavy (non-hydrogen) atoms. The maximum atomic E-state index is 13.4. The molecule has 0 spiro atoms. The van der Waals surface area contributed by atoms with Crippen LogP contribution in [0, 0.1) is 11.6 Å². The van der Waals surface area contributed by atoms with E-state index in [1.165, 1.54) is 0 Å². The second-order valence-electron chi connectivity index (χ2n) is 4.38. The van der Waals surface area contributed by atoms with Crippen molar-refractivity contribution in [3.05, 3.63) is 29.3 Å². The number of amides is 1. The van der Waals surface area contributed by atoms with Gasteiger partial charge in [0.25, 0.3) is 5.91 Å². The van der Waals surface area contributed by atoms with E-state index in [2.05, 4.69) is 5.32 Å². The van der Waals surface area contributed by atoms with E-state index in [9.17, 15) is 13.6 Å². The third-order valence-electron chi connectivity index (χ3n) is 2.77. The molecule has 0 aromatic heterocycles. The molecule has 1 unspecified atom stereocenters. The van der Waals surface area contributed by atoms with Gasteiger partial charge in [-0.15, -0.1) is 0 Å². The number of nitrogens with one attached hydrogen (secondary N) is 1. The average Bonchev–Trinajstić information content (AvgIpc) is 2.30. The Morgan fingerprint density at radius 2 is 2.00 bits per heavy atom. The van der Waals surface area contributed by atoms with E-state index in [1.54, 1.807) is 0 Å². The van der Waals surface area contributed by atoms with Crippen LogP contribution in [-0.4, -0.2) is 37.5 Å². The van der Waals surface area contributed by atoms with Gasteiger partial charge in [-0.3, -0.25) is 4.79 Å². The molecule has 1 aromatic rings. The van der Waals surface area contributed by atoms with Gasteiger partial charge < -0.3 is 16.0 Å². The highest BCUT2D eigenvalue weighted by molar-refractivity contribution is 5.95. The summed E-state index contributed by atoms with van der Waals surface area (Å²) in [6.45, 7) is 2.28. The molecule has 0 aliphatic heterocycles. The Labute approximate surface area is 105 Å². The van der Waals surface area contributed by atoms with Gasteiger partial charge >= 0.3 is 0 Å². The minimum absolute atomic E-state index is 0.106. The minimum Gasteiger partial charge on any atom is -0.396 e. The van der Waals surface area contributed by atoms with E-state index >= 15 is 0 Å². The summed E-state index contributed by atoms with van der Waals surface area (Å²) < 4.78 is 26.3. The Bertz CT molecular complexity index is 449. The van der Waals surface area contributed by atoms with Crippen LogP contribution >= 0.6 is 0 Å². The zero-order valence-electron chi connectivity index (χ0n) is 10.6. The molecule has 4 nitrogen and oxygen atoms in total. The molecule has 6 heteroatoms. The number of halogens is 2. The second-order valence-corrected chi connectivity index (χ2v) is 4.38. The Kier molecular flexibility index (Phi) is 4.61. The topological polar surface area (TPSA) is 58.4 Å². The largest absolute Gasteiger partial charge is 0.396 e. The molecule has 0 radical (unpaired) electrons. The Hall–Kier alpha value is -1.69. The summed E-state index contributed by atoms with van der Waals surface area (Å²) in [5.41, 5.74) is 4.80. The van der Waals surface area contributed by atoms with E-state index in [0.717, 1.165) is 6.07 Å². The molecule has 3 N–H and O–H groups in total. The minimum atomic E-state index is -0.920. The first kappa shape index (κ1) is 14.4. The van der Waals surface area contributed by atoms with Gasteiger partial charge in [0.2, 0.25) is 0 Å². The maximum absolute atomic E-state index is 13.4. The van der Waals surface area contributed by atoms with Crippen LogP contribution in [0.3, 0.4) is 0 Å². The number of hydrogen-bond donors (Lipinski definition) is 2. The summed E-state index contributed by atoms with van der Waals surface area (Å²) in [6.07, 6.45) is 0. The summed E-state index contributed by atoms with van der Waals surface area (Å²) in [6, 6.07) is 1.72. The van der Waals surface area contributed by atoms with E-state index < -0.39 is 17.5 Å². The first-order valence-corrected chi connectivity index (χ1v) is 5.52. The highest BCUT2D eigenvalue weighted by Crippen LogP contribution is 2.16. The van der Waals surface area contributed by atoms with Gasteiger partial charge in [0, 0.05) is 18.7 Å². The fourth-order valence-corrected chi connectivity index (χ4v) is 1.26. The molecule has 100 valence electrons. The molecule has 1 atom stereocenters. The summed E-state index contributed by atoms with van der Waals surface area (Å²) in [5.74, 6) is -2.39. The van der Waals surface area contributed by atoms with Crippen LogP contribution in [-0.2, 0) is 0 Å². The first-order chi connectivity index (χ1) is 8.32. The standard InChI is InChI=1S/C12H17F2N3O/c1-7(17(2)3)6-16-12(18)8-4-11(15)10(14)5-9(8)13/h4-5,7H,6,15H2,1-3H3,(H,16,18). The Balaban J connectivity index is 2.76. The molecule has 1 rings (SSSR count). The molecule has 0 bridgehead atoms. The molecule has 0 aliphatic carbocycles. The number of carbonyl (C=O) groups excluding carboxylic acids is 1. The lowest BCUT2D eigenvalue weighted by molar-refractivity contribution is 0.0939. The smallest absolute Gasteiger partial charge is 0.254 e. The summed E-state index contributed by atoms with van der Waals surface area (Å²) >= 11 is 0. The van der Waals surface area contributed by atoms with Crippen LogP contribution in [0.5, 0.6) is 0 Å². The van der Waals surface area contributed by atoms with Crippen LogP contribution in [0.1, 0.15) is 17.3 Å². The SMILES string of the molecule is CC(CNC(=O)c1cc(N)c(F)cc1F)N(C)C. The van der Waals surface area contributed by atoms with Crippen molar-refractivity contribution in [1.29, 1.82) is 0 Å². The molecule has 1 aromatic carbocycles. The van der Waals surface area contributed by atoms with Crippen LogP contribution < -0.4 is 11.1 Å². The van der Waals surface area contributed by atoms with Crippen molar-refractivity contribution in [2.75, 3.05) is 26.4 Å². The van der Waals surface area contributed by atoms with Crippen molar-refractivity contribution >= 4 is 11.6 Å². The first-order valence-electron chi connectivity index (χ1n) is 5.52. The third kappa shape index (κ3) is 3.40. The lowest BCUT2D eigenvalue weighted by Crippen LogP contribution is -2.38. The number of nitrogens with zero attached hydrogens (tertiary/aromatic N) is 1. The fraction of sp³-hybridized carbons (Fsp3) is 0.417. The van der Waals surface area contributed by atoms with E-state index in [-0.39, 0.29) is 17.3 Å². The molecule has 0 heterocycles. The van der Waals surface area contributed by atoms with E-state index in [1.807, 2.05) is 25.9 Å². The number of nitrogens with two attached hydrogens (primary N) is 1. The zero-order valence-corrected chi connectivity index (χ0v) is 10.6. The van der Waals surface area contributed by atoms with Gasteiger partial charge in [0.1, 0.15) is 11.6 Å². The van der Waals surface area contributed by atoms with Crippen molar-refractivity contribution in [1.82, 2.24) is 10.2 Å². The number of rotatable bonds is 4. The van der Waals surface area contributed by atoms with Gasteiger partial charge in [-0.05, 0) is 27.1 Å². The van der Waals surface area contributed by atoms with E-state index in [0.29, 0.717) is 12.6 Å². The van der Waals surface area contributed by atoms with Gasteiger partial charge in [-0.1, -0.05) is 0 Å². The predicted octanol–water partition coefficient (Wildman–Crippen LogP) is 1.23. The van der Waals surface area contributed by atoms with Gasteiger partial charge in [0.05, 0.1) is 11.3 Å². The molecular formula is C12H17F2N3O. The van der Waals surface area contributed by atoms with E-state index in [4.69, 9.17) is 5.73 Å². The number of benzene rings is 1. The van der Waals surface area contributed by atoms with Crippen molar-refractivity contribution < 1.29 is 13.6 Å². The highest BCUT2D eigenvalue weighted by Gasteiger charge is 2.15. The zero-order chi connectivity index (χ0) is 13.9. The third-order valence-corrected chi connectivity index (χ3v) is 2.77. The molecule has 0 fully saturated rings. The van der Waals surface area contributed by atoms with Crippen molar-refractivity contribution in [2.45, 2.75) is 13.0 Å². The Morgan fingerprint density at radius 3 is 2.56 bits per heavy atom. The summed E-state index contributed by atoms with van der Waals surface area (Å²) in [5, 5.41) is 2.57. The van der Waals surface area contributed by atoms with Crippen LogP contribution in [0.2, 0.25) is 0 Å². The number of carbonyl (C=O) groups is 1. The molecule has 0 aliphatic rings. The van der Waals surface area contributed by atoms with Crippen molar-refractivity contribution in [2.24, 2.45) is 0 Å². The van der Waals surface area contributed by atoms with Gasteiger partial charge in [-0.25, -0.2) is 8.78 Å². The number of hydrogen-bond acceptors (Lipinski definition) is 3. The second kappa shape index (κ2) is 5.77. The summed E-state index contributed by atoms with van der Waals surface area (Å²) in [7, 11) is 3.74.